The van der Waals surface area contributed by atoms with Gasteiger partial charge >= 0.3 is 11.2 Å². The molecule has 0 aromatic heterocycles. The van der Waals surface area contributed by atoms with Crippen LogP contribution in [0.25, 0.3) is 6.08 Å². The second kappa shape index (κ2) is 13.4. The quantitative estimate of drug-likeness (QED) is 0.0800. The third kappa shape index (κ3) is 6.74. The summed E-state index contributed by atoms with van der Waals surface area (Å²) >= 11 is 1.81. The molecule has 4 aromatic rings. The van der Waals surface area contributed by atoms with Crippen LogP contribution in [0.4, 0.5) is 8.78 Å². The average molecular weight is 747 g/mol. The van der Waals surface area contributed by atoms with Crippen molar-refractivity contribution < 1.29 is 36.0 Å². The fraction of sp³-hybridized carbons (Fsp3) is 0.325. The lowest BCUT2D eigenvalue weighted by molar-refractivity contribution is -0.181. The number of carbonyl (C=O) groups excluding carboxylic acids is 1. The first-order chi connectivity index (χ1) is 24.5. The van der Waals surface area contributed by atoms with Crippen molar-refractivity contribution >= 4 is 44.8 Å². The highest BCUT2D eigenvalue weighted by atomic mass is 32.2. The van der Waals surface area contributed by atoms with Crippen LogP contribution in [0.2, 0.25) is 0 Å². The maximum absolute atomic E-state index is 14.3. The predicted molar refractivity (Wildman–Crippen MR) is 191 cm³/mol. The van der Waals surface area contributed by atoms with Gasteiger partial charge in [0.15, 0.2) is 24.8 Å². The minimum Gasteiger partial charge on any atom is -0.743 e. The van der Waals surface area contributed by atoms with Crippen LogP contribution in [0.3, 0.4) is 0 Å². The van der Waals surface area contributed by atoms with Crippen LogP contribution in [-0.4, -0.2) is 30.3 Å². The molecule has 0 N–H and O–H groups in total. The molecule has 0 radical (unpaired) electrons. The summed E-state index contributed by atoms with van der Waals surface area (Å²) in [7, 11) is -6.44. The van der Waals surface area contributed by atoms with Crippen LogP contribution >= 0.6 is 11.8 Å². The number of esters is 1. The largest absolute Gasteiger partial charge is 0.743 e. The Labute approximate surface area is 303 Å². The molecule has 9 rings (SSSR count). The van der Waals surface area contributed by atoms with Gasteiger partial charge in [0.05, 0.1) is 9.79 Å². The molecule has 0 amide bonds. The molecule has 11 heteroatoms. The van der Waals surface area contributed by atoms with Crippen molar-refractivity contribution in [3.8, 4) is 5.75 Å². The molecule has 5 aliphatic rings. The van der Waals surface area contributed by atoms with E-state index >= 15 is 0 Å². The molecule has 264 valence electrons. The predicted octanol–water partition coefficient (Wildman–Crippen LogP) is 9.11. The van der Waals surface area contributed by atoms with Gasteiger partial charge in [-0.25, -0.2) is 13.2 Å². The summed E-state index contributed by atoms with van der Waals surface area (Å²) < 4.78 is 73.5. The fourth-order valence-corrected chi connectivity index (χ4v) is 12.8. The summed E-state index contributed by atoms with van der Waals surface area (Å²) in [6.07, 6.45) is 7.60. The Morgan fingerprint density at radius 1 is 0.863 bits per heavy atom. The summed E-state index contributed by atoms with van der Waals surface area (Å²) in [5.41, 5.74) is 1.12. The van der Waals surface area contributed by atoms with Crippen LogP contribution < -0.4 is 4.74 Å². The van der Waals surface area contributed by atoms with Crippen LogP contribution in [0.5, 0.6) is 5.75 Å². The fourth-order valence-electron chi connectivity index (χ4n) is 8.84. The highest BCUT2D eigenvalue weighted by Crippen LogP contribution is 2.62. The molecular weight excluding hydrogens is 711 g/mol. The molecule has 4 aliphatic carbocycles. The van der Waals surface area contributed by atoms with Crippen molar-refractivity contribution in [2.24, 2.45) is 23.2 Å². The van der Waals surface area contributed by atoms with E-state index in [2.05, 4.69) is 60.7 Å². The Morgan fingerprint density at radius 3 is 1.96 bits per heavy atom. The number of hydrogen-bond donors (Lipinski definition) is 0. The Hall–Kier alpha value is -3.64. The van der Waals surface area contributed by atoms with E-state index in [-0.39, 0.29) is 10.9 Å². The van der Waals surface area contributed by atoms with E-state index in [1.54, 1.807) is 12.2 Å². The van der Waals surface area contributed by atoms with Gasteiger partial charge in [-0.3, -0.25) is 0 Å². The van der Waals surface area contributed by atoms with Crippen LogP contribution in [0.15, 0.2) is 128 Å². The minimum atomic E-state index is -6.22. The molecule has 1 heterocycles. The average Bonchev–Trinajstić information content (AvgIpc) is 3.11. The summed E-state index contributed by atoms with van der Waals surface area (Å²) in [6.45, 7) is 0.337. The summed E-state index contributed by atoms with van der Waals surface area (Å²) in [6, 6.07) is 32.9. The number of fused-ring (bicyclic) bond motifs is 2. The van der Waals surface area contributed by atoms with Crippen molar-refractivity contribution in [1.82, 2.24) is 0 Å². The molecule has 1 unspecified atom stereocenters. The van der Waals surface area contributed by atoms with E-state index in [1.165, 1.54) is 24.5 Å². The van der Waals surface area contributed by atoms with Gasteiger partial charge in [0, 0.05) is 5.41 Å². The second-order valence-electron chi connectivity index (χ2n) is 14.2. The second-order valence-corrected chi connectivity index (χ2v) is 18.7. The molecule has 4 saturated carbocycles. The Morgan fingerprint density at radius 2 is 1.41 bits per heavy atom. The van der Waals surface area contributed by atoms with Crippen LogP contribution in [0.1, 0.15) is 49.7 Å². The SMILES string of the molecule is O=C(OC(/C=C/c1ccc(COc2ccc([S+]3c4ccccc4Sc4ccccc43)cc2)cc1)C12CC3CC(CC(C3)C1)C2)C(F)(F)S(=O)(=O)[O-]. The molecule has 4 fully saturated rings. The van der Waals surface area contributed by atoms with Crippen LogP contribution in [-0.2, 0) is 37.2 Å². The topological polar surface area (TPSA) is 92.7 Å². The Kier molecular flexibility index (Phi) is 9.05. The van der Waals surface area contributed by atoms with E-state index < -0.39 is 32.9 Å². The number of alkyl halides is 2. The van der Waals surface area contributed by atoms with Gasteiger partial charge in [-0.05, 0) is 122 Å². The van der Waals surface area contributed by atoms with Crippen LogP contribution in [0, 0.1) is 23.2 Å². The maximum Gasteiger partial charge on any atom is 0.428 e. The normalized spacial score (nSPS) is 24.6. The molecule has 51 heavy (non-hydrogen) atoms. The van der Waals surface area contributed by atoms with Gasteiger partial charge < -0.3 is 14.0 Å². The van der Waals surface area contributed by atoms with Gasteiger partial charge in [-0.15, -0.1) is 0 Å². The molecule has 0 saturated heterocycles. The molecule has 4 aromatic carbocycles. The first-order valence-corrected chi connectivity index (χ1v) is 20.6. The monoisotopic (exact) mass is 746 g/mol. The number of benzene rings is 4. The Balaban J connectivity index is 0.953. The van der Waals surface area contributed by atoms with Gasteiger partial charge in [-0.2, -0.15) is 8.78 Å². The first-order valence-electron chi connectivity index (χ1n) is 17.1. The molecule has 1 aliphatic heterocycles. The third-order valence-corrected chi connectivity index (χ3v) is 15.3. The number of rotatable bonds is 10. The van der Waals surface area contributed by atoms with E-state index in [0.29, 0.717) is 24.4 Å². The zero-order valence-corrected chi connectivity index (χ0v) is 30.0. The smallest absolute Gasteiger partial charge is 0.428 e. The van der Waals surface area contributed by atoms with Gasteiger partial charge in [-0.1, -0.05) is 66.4 Å². The Bertz CT molecular complexity index is 2000. The first kappa shape index (κ1) is 34.4. The van der Waals surface area contributed by atoms with Crippen molar-refractivity contribution in [2.75, 3.05) is 0 Å². The lowest BCUT2D eigenvalue weighted by atomic mass is 9.48. The molecule has 6 nitrogen and oxygen atoms in total. The summed E-state index contributed by atoms with van der Waals surface area (Å²) in [4.78, 5) is 18.9. The lowest BCUT2D eigenvalue weighted by Gasteiger charge is -2.58. The van der Waals surface area contributed by atoms with Crippen molar-refractivity contribution in [1.29, 1.82) is 0 Å². The third-order valence-electron chi connectivity index (χ3n) is 10.7. The highest BCUT2D eigenvalue weighted by Gasteiger charge is 2.57. The standard InChI is InChI=1S/C40H36F2O6S3/c41-40(42,51(44,45)46)38(43)48-37(39-22-28-19-29(23-39)21-30(20-28)24-39)18-13-26-9-11-27(12-10-26)25-47-31-14-16-32(17-15-31)50-35-7-3-1-5-33(35)49-34-6-2-4-8-36(34)50/h1-18,28-30,37H,19-25H2/b18-13+. The van der Waals surface area contributed by atoms with E-state index in [4.69, 9.17) is 9.47 Å². The zero-order chi connectivity index (χ0) is 35.4. The van der Waals surface area contributed by atoms with Gasteiger partial charge in [0.25, 0.3) is 0 Å². The highest BCUT2D eigenvalue weighted by molar-refractivity contribution is 8.04. The zero-order valence-electron chi connectivity index (χ0n) is 27.6. The molecule has 4 bridgehead atoms. The van der Waals surface area contributed by atoms with Crippen molar-refractivity contribution in [2.45, 2.75) is 81.0 Å². The number of ether oxygens (including phenoxy) is 2. The number of carbonyl (C=O) groups is 1. The van der Waals surface area contributed by atoms with Gasteiger partial charge in [0.2, 0.25) is 0 Å². The molecule has 0 spiro atoms. The summed E-state index contributed by atoms with van der Waals surface area (Å²) in [5, 5.41) is -5.16. The van der Waals surface area contributed by atoms with E-state index in [1.807, 2.05) is 48.2 Å². The lowest BCUT2D eigenvalue weighted by Crippen LogP contribution is -2.53. The van der Waals surface area contributed by atoms with Crippen molar-refractivity contribution in [3.63, 3.8) is 0 Å². The number of hydrogen-bond acceptors (Lipinski definition) is 7. The minimum absolute atomic E-state index is 0.218. The van der Waals surface area contributed by atoms with E-state index in [9.17, 15) is 26.5 Å². The van der Waals surface area contributed by atoms with Crippen molar-refractivity contribution in [3.05, 3.63) is 114 Å². The van der Waals surface area contributed by atoms with Gasteiger partial charge in [0.1, 0.15) is 29.4 Å². The van der Waals surface area contributed by atoms with E-state index in [0.717, 1.165) is 55.4 Å². The molecular formula is C40H36F2O6S3. The maximum atomic E-state index is 14.3. The number of halogens is 2. The summed E-state index contributed by atoms with van der Waals surface area (Å²) in [5.74, 6) is -0.298. The molecule has 1 atom stereocenters.